The van der Waals surface area contributed by atoms with Crippen molar-refractivity contribution < 1.29 is 42.2 Å². The van der Waals surface area contributed by atoms with Gasteiger partial charge in [-0.25, -0.2) is 29.3 Å². The Hall–Kier alpha value is -2.71. The summed E-state index contributed by atoms with van der Waals surface area (Å²) in [5.41, 5.74) is 5.86. The Balaban J connectivity index is 1.40. The fraction of sp³-hybridized carbons (Fsp3) is 0.476. The Morgan fingerprint density at radius 1 is 1.27 bits per heavy atom. The van der Waals surface area contributed by atoms with E-state index in [0.717, 1.165) is 0 Å². The molecule has 0 saturated carbocycles. The summed E-state index contributed by atoms with van der Waals surface area (Å²) in [6, 6.07) is 0. The number of nitrogens with one attached hydrogen (secondary N) is 1. The summed E-state index contributed by atoms with van der Waals surface area (Å²) in [6.45, 7) is -4.61. The number of imidazole rings is 2. The van der Waals surface area contributed by atoms with Crippen LogP contribution in [0.4, 0.5) is 10.7 Å². The number of ether oxygens (including phenoxy) is 3. The number of nitrogens with zero attached hydrogens (tertiary/aromatic N) is 7. The molecule has 6 atom stereocenters. The third kappa shape index (κ3) is 7.07. The molecular weight excluding hydrogens is 664 g/mol. The van der Waals surface area contributed by atoms with Gasteiger partial charge in [-0.15, -0.1) is 0 Å². The minimum Gasteiger partial charge on any atom is -0.456 e. The summed E-state index contributed by atoms with van der Waals surface area (Å²) in [5.74, 6) is 0.420. The predicted octanol–water partition coefficient (Wildman–Crippen LogP) is 0.759. The van der Waals surface area contributed by atoms with Crippen LogP contribution in [0.3, 0.4) is 0 Å². The molecule has 5 heterocycles. The van der Waals surface area contributed by atoms with Crippen molar-refractivity contribution in [1.29, 1.82) is 0 Å². The number of methoxy groups -OCH3 is 1. The van der Waals surface area contributed by atoms with Gasteiger partial charge in [-0.3, -0.25) is 23.4 Å². The molecule has 4 N–H and O–H groups in total. The number of fused-ring (bicyclic) bond motifs is 2. The van der Waals surface area contributed by atoms with Crippen LogP contribution >= 0.6 is 41.1 Å². The Labute approximate surface area is 260 Å². The topological polar surface area (TPSA) is 243 Å². The molecule has 1 aliphatic heterocycles. The molecule has 0 aromatic carbocycles. The summed E-state index contributed by atoms with van der Waals surface area (Å²) in [6.07, 6.45) is -2.19. The highest BCUT2D eigenvalue weighted by Crippen LogP contribution is 2.57. The zero-order valence-corrected chi connectivity index (χ0v) is 26.6. The third-order valence-electron chi connectivity index (χ3n) is 6.34. The fourth-order valence-electron chi connectivity index (χ4n) is 4.51. The van der Waals surface area contributed by atoms with E-state index in [1.165, 1.54) is 24.2 Å². The highest BCUT2D eigenvalue weighted by atomic mass is 32.7. The van der Waals surface area contributed by atoms with Crippen molar-refractivity contribution in [2.75, 3.05) is 26.1 Å². The number of carbonyl (C=O) groups is 1. The number of aromatic amines is 1. The lowest BCUT2D eigenvalue weighted by Gasteiger charge is -2.24. The predicted molar refractivity (Wildman–Crippen MR) is 161 cm³/mol. The van der Waals surface area contributed by atoms with Crippen molar-refractivity contribution >= 4 is 74.7 Å². The minimum absolute atomic E-state index is 0.0315. The smallest absolute Gasteiger partial charge is 0.387 e. The first kappa shape index (κ1) is 32.7. The quantitative estimate of drug-likeness (QED) is 0.0738. The van der Waals surface area contributed by atoms with Gasteiger partial charge in [0, 0.05) is 16.6 Å². The number of aliphatic hydroxyl groups excluding tert-OH is 1. The summed E-state index contributed by atoms with van der Waals surface area (Å²) in [7, 11) is 3.53. The van der Waals surface area contributed by atoms with Crippen molar-refractivity contribution in [3.05, 3.63) is 34.5 Å². The average Bonchev–Trinajstić information content (AvgIpc) is 3.62. The van der Waals surface area contributed by atoms with E-state index >= 15 is 0 Å². The molecule has 23 heteroatoms. The molecule has 19 nitrogen and oxygen atoms in total. The van der Waals surface area contributed by atoms with Gasteiger partial charge in [0.1, 0.15) is 49.5 Å². The Morgan fingerprint density at radius 3 is 2.80 bits per heavy atom. The van der Waals surface area contributed by atoms with Crippen LogP contribution in [0.1, 0.15) is 17.9 Å². The number of nitrogen functional groups attached to an aromatic ring is 1. The van der Waals surface area contributed by atoms with Gasteiger partial charge >= 0.3 is 12.1 Å². The molecule has 0 bridgehead atoms. The summed E-state index contributed by atoms with van der Waals surface area (Å²) < 4.78 is 48.8. The molecule has 0 spiro atoms. The fourth-order valence-corrected chi connectivity index (χ4v) is 6.17. The van der Waals surface area contributed by atoms with Gasteiger partial charge in [-0.2, -0.15) is 4.98 Å². The lowest BCUT2D eigenvalue weighted by atomic mass is 10.1. The van der Waals surface area contributed by atoms with Gasteiger partial charge in [0.15, 0.2) is 28.9 Å². The van der Waals surface area contributed by atoms with E-state index in [1.807, 2.05) is 9.47 Å². The third-order valence-corrected chi connectivity index (χ3v) is 8.26. The van der Waals surface area contributed by atoms with Gasteiger partial charge in [-0.05, 0) is 0 Å². The first-order valence-electron chi connectivity index (χ1n) is 12.6. The van der Waals surface area contributed by atoms with Crippen molar-refractivity contribution in [3.63, 3.8) is 0 Å². The second-order valence-corrected chi connectivity index (χ2v) is 12.8. The average molecular weight is 692 g/mol. The molecule has 5 rings (SSSR count). The van der Waals surface area contributed by atoms with E-state index in [1.54, 1.807) is 4.57 Å². The second-order valence-electron chi connectivity index (χ2n) is 9.20. The monoisotopic (exact) mass is 691 g/mol. The normalized spacial score (nSPS) is 21.7. The van der Waals surface area contributed by atoms with Crippen molar-refractivity contribution in [2.45, 2.75) is 44.3 Å². The first-order chi connectivity index (χ1) is 21.0. The zero-order valence-electron chi connectivity index (χ0n) is 22.7. The number of aromatic nitrogens is 8. The van der Waals surface area contributed by atoms with Gasteiger partial charge < -0.3 is 34.1 Å². The number of hydrogen-bond donors (Lipinski definition) is 5. The van der Waals surface area contributed by atoms with Gasteiger partial charge in [0.25, 0.3) is 5.56 Å². The number of H-pyrrole nitrogens is 1. The minimum atomic E-state index is -4.28. The summed E-state index contributed by atoms with van der Waals surface area (Å²) in [5, 5.41) is 10.3. The highest BCUT2D eigenvalue weighted by molar-refractivity contribution is 8.44. The largest absolute Gasteiger partial charge is 0.456 e. The molecule has 1 aliphatic rings. The molecule has 44 heavy (non-hydrogen) atoms. The van der Waals surface area contributed by atoms with Crippen LogP contribution < -0.4 is 11.3 Å². The lowest BCUT2D eigenvalue weighted by molar-refractivity contribution is -0.0433. The zero-order chi connectivity index (χ0) is 31.6. The van der Waals surface area contributed by atoms with E-state index in [9.17, 15) is 19.3 Å². The van der Waals surface area contributed by atoms with Crippen molar-refractivity contribution in [2.24, 2.45) is 0 Å². The van der Waals surface area contributed by atoms with Gasteiger partial charge in [0.05, 0.1) is 25.7 Å². The number of nitrogens with two attached hydrogens (primary N) is 1. The van der Waals surface area contributed by atoms with Crippen LogP contribution in [0.15, 0.2) is 17.3 Å². The maximum atomic E-state index is 13.6. The van der Waals surface area contributed by atoms with Gasteiger partial charge in [-0.1, -0.05) is 24.9 Å². The molecule has 1 saturated heterocycles. The number of carbonyl (C=O) groups excluding carboxylic acids is 1. The molecule has 238 valence electrons. The number of hydrogen-bond acceptors (Lipinski definition) is 16. The lowest BCUT2D eigenvalue weighted by Crippen LogP contribution is -2.35. The van der Waals surface area contributed by atoms with Crippen molar-refractivity contribution in [3.8, 4) is 0 Å². The number of anilines is 1. The van der Waals surface area contributed by atoms with E-state index in [0.29, 0.717) is 17.0 Å². The molecule has 0 radical (unpaired) electrons. The molecule has 4 aromatic rings. The Kier molecular flexibility index (Phi) is 10.2. The van der Waals surface area contributed by atoms with Crippen molar-refractivity contribution in [1.82, 2.24) is 39.0 Å². The number of thiol groups is 2. The maximum Gasteiger partial charge on any atom is 0.387 e. The van der Waals surface area contributed by atoms with E-state index in [4.69, 9.17) is 33.5 Å². The Bertz CT molecular complexity index is 1770. The van der Waals surface area contributed by atoms with Crippen LogP contribution in [-0.2, 0) is 52.1 Å². The standard InChI is InChI=1S/C21H27N9O10P2S2/c1-35-6-11-23-4-9-16(26-11)29(2-3-36-21(33)43)12(25-9)7-38-42(34,44)40-15-14(31)10(5-37-41)39-19(15)30-8-24-13-17(30)27-20(22)28-18(13)32/h4,8,10,14-15,19,31H,2-3,5-7,41H2,1H3,(H,33,43)(H,34,44)(H3,22,27,28,32)/t10-,14-,15-,19-,42?/m1/s1. The van der Waals surface area contributed by atoms with Crippen LogP contribution in [-0.4, -0.2) is 88.1 Å². The molecule has 4 aromatic heterocycles. The van der Waals surface area contributed by atoms with Crippen LogP contribution in [0, 0.1) is 0 Å². The van der Waals surface area contributed by atoms with E-state index < -0.39 is 48.8 Å². The SMILES string of the molecule is COCc1ncc2nc(COP(=O)(S)O[C@@H]3[C@H](O)[C@@H](COP)O[C@H]3n3cnc4c(=O)[nH]c(N)nc43)n(CCOC(=O)S)c2n1. The van der Waals surface area contributed by atoms with Crippen LogP contribution in [0.5, 0.6) is 0 Å². The maximum absolute atomic E-state index is 13.6. The van der Waals surface area contributed by atoms with E-state index in [-0.39, 0.29) is 49.3 Å². The molecule has 2 unspecified atom stereocenters. The Morgan fingerprint density at radius 2 is 2.07 bits per heavy atom. The number of aliphatic hydroxyl groups is 1. The molecular formula is C21H27N9O10P2S2. The summed E-state index contributed by atoms with van der Waals surface area (Å²) >= 11 is 7.73. The van der Waals surface area contributed by atoms with Gasteiger partial charge in [0.2, 0.25) is 5.95 Å². The molecule has 1 fully saturated rings. The van der Waals surface area contributed by atoms with E-state index in [2.05, 4.69) is 54.8 Å². The summed E-state index contributed by atoms with van der Waals surface area (Å²) in [4.78, 5) is 47.1. The van der Waals surface area contributed by atoms with Crippen LogP contribution in [0.25, 0.3) is 22.3 Å². The highest BCUT2D eigenvalue weighted by Gasteiger charge is 2.49. The second kappa shape index (κ2) is 13.7. The van der Waals surface area contributed by atoms with Crippen LogP contribution in [0.2, 0.25) is 0 Å². The number of rotatable bonds is 13. The molecule has 0 aliphatic carbocycles. The molecule has 0 amide bonds. The first-order valence-corrected chi connectivity index (χ1v) is 16.2.